The molecule has 0 bridgehead atoms. The first kappa shape index (κ1) is 12.8. The van der Waals surface area contributed by atoms with E-state index in [-0.39, 0.29) is 11.9 Å². The summed E-state index contributed by atoms with van der Waals surface area (Å²) in [6.45, 7) is 1.89. The molecule has 0 aromatic heterocycles. The number of nitrogens with two attached hydrogens (primary N) is 1. The van der Waals surface area contributed by atoms with Crippen molar-refractivity contribution in [3.63, 3.8) is 0 Å². The third-order valence-electron chi connectivity index (χ3n) is 3.81. The van der Waals surface area contributed by atoms with Crippen molar-refractivity contribution in [3.8, 4) is 0 Å². The normalized spacial score (nSPS) is 19.3. The maximum Gasteiger partial charge on any atom is 0.129 e. The Morgan fingerprint density at radius 3 is 2.59 bits per heavy atom. The van der Waals surface area contributed by atoms with E-state index in [4.69, 9.17) is 17.3 Å². The molecule has 94 valence electrons. The minimum Gasteiger partial charge on any atom is -0.324 e. The average Bonchev–Trinajstić information content (AvgIpc) is 2.35. The maximum absolute atomic E-state index is 13.9. The van der Waals surface area contributed by atoms with Crippen molar-refractivity contribution in [3.05, 3.63) is 34.1 Å². The number of hydrogen-bond acceptors (Lipinski definition) is 1. The molecule has 0 spiro atoms. The Hall–Kier alpha value is -0.600. The number of rotatable bonds is 2. The second kappa shape index (κ2) is 5.36. The van der Waals surface area contributed by atoms with Crippen molar-refractivity contribution in [2.45, 2.75) is 45.1 Å². The zero-order chi connectivity index (χ0) is 12.4. The summed E-state index contributed by atoms with van der Waals surface area (Å²) in [5, 5.41) is 0.503. The predicted octanol–water partition coefficient (Wildman–Crippen LogP) is 4.37. The lowest BCUT2D eigenvalue weighted by Crippen LogP contribution is -2.25. The number of benzene rings is 1. The van der Waals surface area contributed by atoms with Crippen molar-refractivity contribution in [1.29, 1.82) is 0 Å². The number of aryl methyl sites for hydroxylation is 1. The van der Waals surface area contributed by atoms with Gasteiger partial charge in [0.15, 0.2) is 0 Å². The van der Waals surface area contributed by atoms with Crippen LogP contribution in [0.1, 0.15) is 49.3 Å². The van der Waals surface area contributed by atoms with Gasteiger partial charge in [-0.2, -0.15) is 0 Å². The minimum absolute atomic E-state index is 0.261. The molecule has 2 N–H and O–H groups in total. The fourth-order valence-corrected chi connectivity index (χ4v) is 2.99. The summed E-state index contributed by atoms with van der Waals surface area (Å²) in [5.74, 6) is 0.108. The van der Waals surface area contributed by atoms with Crippen LogP contribution in [0, 0.1) is 18.7 Å². The van der Waals surface area contributed by atoms with Crippen molar-refractivity contribution >= 4 is 11.6 Å². The Morgan fingerprint density at radius 1 is 1.29 bits per heavy atom. The van der Waals surface area contributed by atoms with E-state index >= 15 is 0 Å². The zero-order valence-electron chi connectivity index (χ0n) is 10.2. The van der Waals surface area contributed by atoms with Crippen LogP contribution >= 0.6 is 11.6 Å². The van der Waals surface area contributed by atoms with Crippen LogP contribution in [0.15, 0.2) is 12.1 Å². The first-order valence-corrected chi connectivity index (χ1v) is 6.69. The van der Waals surface area contributed by atoms with Gasteiger partial charge in [0.1, 0.15) is 5.82 Å². The molecule has 0 heterocycles. The lowest BCUT2D eigenvalue weighted by molar-refractivity contribution is 0.303. The van der Waals surface area contributed by atoms with Crippen LogP contribution in [0.2, 0.25) is 5.02 Å². The van der Waals surface area contributed by atoms with Gasteiger partial charge in [-0.05, 0) is 37.3 Å². The topological polar surface area (TPSA) is 26.0 Å². The smallest absolute Gasteiger partial charge is 0.129 e. The molecule has 1 aromatic carbocycles. The summed E-state index contributed by atoms with van der Waals surface area (Å²) >= 11 is 6.19. The highest BCUT2D eigenvalue weighted by Crippen LogP contribution is 2.37. The summed E-state index contributed by atoms with van der Waals surface area (Å²) in [4.78, 5) is 0. The molecule has 1 aliphatic rings. The summed E-state index contributed by atoms with van der Waals surface area (Å²) in [5.41, 5.74) is 7.63. The molecule has 0 aliphatic heterocycles. The minimum atomic E-state index is -0.265. The highest BCUT2D eigenvalue weighted by Gasteiger charge is 2.26. The van der Waals surface area contributed by atoms with Gasteiger partial charge in [0.25, 0.3) is 0 Å². The first-order valence-electron chi connectivity index (χ1n) is 6.31. The van der Waals surface area contributed by atoms with E-state index in [1.165, 1.54) is 25.3 Å². The third kappa shape index (κ3) is 2.63. The van der Waals surface area contributed by atoms with Crippen molar-refractivity contribution in [2.24, 2.45) is 11.7 Å². The van der Waals surface area contributed by atoms with E-state index in [1.54, 1.807) is 6.07 Å². The Labute approximate surface area is 107 Å². The molecule has 0 saturated heterocycles. The van der Waals surface area contributed by atoms with Crippen LogP contribution < -0.4 is 5.73 Å². The molecule has 0 unspecified atom stereocenters. The second-order valence-corrected chi connectivity index (χ2v) is 5.39. The molecule has 2 rings (SSSR count). The van der Waals surface area contributed by atoms with Gasteiger partial charge < -0.3 is 5.73 Å². The van der Waals surface area contributed by atoms with Crippen LogP contribution in [0.5, 0.6) is 0 Å². The lowest BCUT2D eigenvalue weighted by Gasteiger charge is -2.28. The van der Waals surface area contributed by atoms with Crippen LogP contribution in [0.4, 0.5) is 4.39 Å². The molecule has 17 heavy (non-hydrogen) atoms. The lowest BCUT2D eigenvalue weighted by atomic mass is 9.81. The van der Waals surface area contributed by atoms with Crippen LogP contribution in [-0.4, -0.2) is 0 Å². The number of hydrogen-bond donors (Lipinski definition) is 1. The Balaban J connectivity index is 2.29. The first-order chi connectivity index (χ1) is 8.11. The van der Waals surface area contributed by atoms with Gasteiger partial charge >= 0.3 is 0 Å². The summed E-state index contributed by atoms with van der Waals surface area (Å²) in [7, 11) is 0. The molecule has 0 amide bonds. The third-order valence-corrected chi connectivity index (χ3v) is 4.31. The SMILES string of the molecule is Cc1ccc(F)c([C@H](N)C2CCCCC2)c1Cl. The Bertz CT molecular complexity index is 399. The maximum atomic E-state index is 13.9. The van der Waals surface area contributed by atoms with Gasteiger partial charge in [0.2, 0.25) is 0 Å². The molecule has 1 aromatic rings. The Kier molecular flexibility index (Phi) is 4.05. The number of halogens is 2. The standard InChI is InChI=1S/C14H19ClFN/c1-9-7-8-11(16)12(13(9)15)14(17)10-5-3-2-4-6-10/h7-8,10,14H,2-6,17H2,1H3/t14-/m1/s1. The summed E-state index contributed by atoms with van der Waals surface area (Å²) < 4.78 is 13.9. The van der Waals surface area contributed by atoms with Gasteiger partial charge in [-0.15, -0.1) is 0 Å². The largest absolute Gasteiger partial charge is 0.324 e. The second-order valence-electron chi connectivity index (χ2n) is 5.02. The van der Waals surface area contributed by atoms with Crippen molar-refractivity contribution in [1.82, 2.24) is 0 Å². The van der Waals surface area contributed by atoms with E-state index in [0.29, 0.717) is 16.5 Å². The molecule has 1 nitrogen and oxygen atoms in total. The van der Waals surface area contributed by atoms with Gasteiger partial charge in [-0.3, -0.25) is 0 Å². The molecular weight excluding hydrogens is 237 g/mol. The van der Waals surface area contributed by atoms with E-state index in [2.05, 4.69) is 0 Å². The summed E-state index contributed by atoms with van der Waals surface area (Å²) in [6, 6.07) is 2.91. The van der Waals surface area contributed by atoms with Gasteiger partial charge in [-0.1, -0.05) is 36.9 Å². The van der Waals surface area contributed by atoms with Gasteiger partial charge in [-0.25, -0.2) is 4.39 Å². The summed E-state index contributed by atoms with van der Waals surface area (Å²) in [6.07, 6.45) is 5.84. The Morgan fingerprint density at radius 2 is 1.94 bits per heavy atom. The van der Waals surface area contributed by atoms with E-state index in [9.17, 15) is 4.39 Å². The zero-order valence-corrected chi connectivity index (χ0v) is 10.9. The molecule has 1 fully saturated rings. The fourth-order valence-electron chi connectivity index (χ4n) is 2.71. The highest BCUT2D eigenvalue weighted by molar-refractivity contribution is 6.32. The molecule has 0 radical (unpaired) electrons. The van der Waals surface area contributed by atoms with Crippen LogP contribution in [0.3, 0.4) is 0 Å². The van der Waals surface area contributed by atoms with Crippen molar-refractivity contribution in [2.75, 3.05) is 0 Å². The van der Waals surface area contributed by atoms with Crippen molar-refractivity contribution < 1.29 is 4.39 Å². The highest BCUT2D eigenvalue weighted by atomic mass is 35.5. The molecule has 1 saturated carbocycles. The van der Waals surface area contributed by atoms with E-state index in [1.807, 2.05) is 6.92 Å². The van der Waals surface area contributed by atoms with E-state index in [0.717, 1.165) is 18.4 Å². The molecule has 1 aliphatic carbocycles. The van der Waals surface area contributed by atoms with Gasteiger partial charge in [0.05, 0.1) is 5.02 Å². The monoisotopic (exact) mass is 255 g/mol. The van der Waals surface area contributed by atoms with Crippen LogP contribution in [-0.2, 0) is 0 Å². The van der Waals surface area contributed by atoms with Crippen LogP contribution in [0.25, 0.3) is 0 Å². The molecule has 1 atom stereocenters. The van der Waals surface area contributed by atoms with E-state index < -0.39 is 0 Å². The molecular formula is C14H19ClFN. The molecule has 3 heteroatoms. The quantitative estimate of drug-likeness (QED) is 0.835. The average molecular weight is 256 g/mol. The fraction of sp³-hybridized carbons (Fsp3) is 0.571. The van der Waals surface area contributed by atoms with Gasteiger partial charge in [0, 0.05) is 11.6 Å². The predicted molar refractivity (Wildman–Crippen MR) is 69.7 cm³/mol.